The zero-order valence-corrected chi connectivity index (χ0v) is 12.9. The number of likely N-dealkylation sites (N-methyl/N-ethyl adjacent to an activating group) is 1. The van der Waals surface area contributed by atoms with Crippen LogP contribution in [0, 0.1) is 0 Å². The minimum Gasteiger partial charge on any atom is -0.389 e. The van der Waals surface area contributed by atoms with E-state index in [9.17, 15) is 4.79 Å². The van der Waals surface area contributed by atoms with Gasteiger partial charge in [-0.3, -0.25) is 4.79 Å². The Balaban J connectivity index is 2.97. The summed E-state index contributed by atoms with van der Waals surface area (Å²) in [4.78, 5) is 13.6. The third kappa shape index (κ3) is 3.68. The molecule has 4 nitrogen and oxygen atoms in total. The normalized spacial score (nSPS) is 11.8. The number of benzene rings is 1. The molecule has 1 aromatic carbocycles. The van der Waals surface area contributed by atoms with E-state index in [0.717, 1.165) is 15.7 Å². The first kappa shape index (κ1) is 14.9. The smallest absolute Gasteiger partial charge is 0.244 e. The van der Waals surface area contributed by atoms with E-state index in [1.54, 1.807) is 21.0 Å². The van der Waals surface area contributed by atoms with E-state index in [0.29, 0.717) is 4.99 Å². The first-order valence-electron chi connectivity index (χ1n) is 5.40. The van der Waals surface area contributed by atoms with Crippen molar-refractivity contribution in [1.29, 1.82) is 0 Å². The van der Waals surface area contributed by atoms with Gasteiger partial charge >= 0.3 is 0 Å². The van der Waals surface area contributed by atoms with Crippen LogP contribution in [0.1, 0.15) is 12.5 Å². The highest BCUT2D eigenvalue weighted by Gasteiger charge is 2.16. The number of halogens is 1. The minimum atomic E-state index is -0.339. The first-order chi connectivity index (χ1) is 8.32. The Bertz CT molecular complexity index is 476. The van der Waals surface area contributed by atoms with Crippen molar-refractivity contribution in [3.8, 4) is 0 Å². The van der Waals surface area contributed by atoms with Crippen LogP contribution in [0.15, 0.2) is 22.7 Å². The van der Waals surface area contributed by atoms with Crippen LogP contribution in [-0.4, -0.2) is 35.9 Å². The number of carbonyl (C=O) groups is 1. The molecule has 1 atom stereocenters. The van der Waals surface area contributed by atoms with Gasteiger partial charge in [-0.05, 0) is 25.1 Å². The number of nitrogens with zero attached hydrogens (tertiary/aromatic N) is 1. The lowest BCUT2D eigenvalue weighted by Crippen LogP contribution is -2.37. The number of nitrogens with one attached hydrogen (secondary N) is 1. The van der Waals surface area contributed by atoms with Gasteiger partial charge in [0.1, 0.15) is 11.0 Å². The first-order valence-corrected chi connectivity index (χ1v) is 6.60. The van der Waals surface area contributed by atoms with Crippen molar-refractivity contribution >= 4 is 44.7 Å². The molecule has 1 amide bonds. The standard InChI is InChI=1S/C12H16BrN3OS/c1-7(12(17)16(2)3)15-10-5-4-8(13)6-9(10)11(14)18/h4-7,15H,1-3H3,(H2,14,18). The summed E-state index contributed by atoms with van der Waals surface area (Å²) in [5, 5.41) is 3.12. The monoisotopic (exact) mass is 329 g/mol. The van der Waals surface area contributed by atoms with Crippen LogP contribution < -0.4 is 11.1 Å². The van der Waals surface area contributed by atoms with Crippen LogP contribution in [0.4, 0.5) is 5.69 Å². The number of hydrogen-bond acceptors (Lipinski definition) is 3. The number of anilines is 1. The largest absolute Gasteiger partial charge is 0.389 e. The number of amides is 1. The summed E-state index contributed by atoms with van der Waals surface area (Å²) in [7, 11) is 3.44. The summed E-state index contributed by atoms with van der Waals surface area (Å²) in [6.07, 6.45) is 0. The molecule has 0 aromatic heterocycles. The quantitative estimate of drug-likeness (QED) is 0.829. The molecule has 1 aromatic rings. The maximum absolute atomic E-state index is 11.8. The minimum absolute atomic E-state index is 0.00758. The second-order valence-corrected chi connectivity index (χ2v) is 5.51. The van der Waals surface area contributed by atoms with Crippen LogP contribution in [0.2, 0.25) is 0 Å². The molecule has 0 aliphatic heterocycles. The maximum Gasteiger partial charge on any atom is 0.244 e. The fraction of sp³-hybridized carbons (Fsp3) is 0.333. The Labute approximate surface area is 121 Å². The Morgan fingerprint density at radius 2 is 2.11 bits per heavy atom. The van der Waals surface area contributed by atoms with Gasteiger partial charge in [0.25, 0.3) is 0 Å². The molecule has 0 saturated carbocycles. The molecule has 1 rings (SSSR count). The molecule has 3 N–H and O–H groups in total. The van der Waals surface area contributed by atoms with Gasteiger partial charge in [-0.15, -0.1) is 0 Å². The van der Waals surface area contributed by atoms with Gasteiger partial charge in [0.15, 0.2) is 0 Å². The third-order valence-corrected chi connectivity index (χ3v) is 3.14. The van der Waals surface area contributed by atoms with Gasteiger partial charge in [0, 0.05) is 29.8 Å². The van der Waals surface area contributed by atoms with Gasteiger partial charge in [-0.25, -0.2) is 0 Å². The van der Waals surface area contributed by atoms with E-state index in [-0.39, 0.29) is 11.9 Å². The Hall–Kier alpha value is -1.14. The van der Waals surface area contributed by atoms with Crippen molar-refractivity contribution in [1.82, 2.24) is 4.90 Å². The summed E-state index contributed by atoms with van der Waals surface area (Å²) < 4.78 is 0.891. The summed E-state index contributed by atoms with van der Waals surface area (Å²) in [5.41, 5.74) is 7.15. The molecule has 0 aliphatic carbocycles. The molecular formula is C12H16BrN3OS. The van der Waals surface area contributed by atoms with Crippen molar-refractivity contribution in [3.05, 3.63) is 28.2 Å². The van der Waals surface area contributed by atoms with E-state index >= 15 is 0 Å². The predicted octanol–water partition coefficient (Wildman–Crippen LogP) is 1.97. The van der Waals surface area contributed by atoms with E-state index in [1.165, 1.54) is 4.90 Å². The Kier molecular flexibility index (Phi) is 5.10. The molecule has 0 spiro atoms. The van der Waals surface area contributed by atoms with Gasteiger partial charge < -0.3 is 16.0 Å². The van der Waals surface area contributed by atoms with Gasteiger partial charge in [0.2, 0.25) is 5.91 Å². The molecule has 98 valence electrons. The molecule has 0 bridgehead atoms. The van der Waals surface area contributed by atoms with Crippen LogP contribution in [0.3, 0.4) is 0 Å². The number of thiocarbonyl (C=S) groups is 1. The Morgan fingerprint density at radius 1 is 1.50 bits per heavy atom. The van der Waals surface area contributed by atoms with Crippen LogP contribution in [0.25, 0.3) is 0 Å². The topological polar surface area (TPSA) is 58.4 Å². The lowest BCUT2D eigenvalue weighted by atomic mass is 10.1. The fourth-order valence-corrected chi connectivity index (χ4v) is 2.06. The molecule has 0 aliphatic rings. The van der Waals surface area contributed by atoms with Gasteiger partial charge in [-0.2, -0.15) is 0 Å². The zero-order chi connectivity index (χ0) is 13.9. The van der Waals surface area contributed by atoms with E-state index in [4.69, 9.17) is 18.0 Å². The summed E-state index contributed by atoms with van der Waals surface area (Å²) >= 11 is 8.37. The van der Waals surface area contributed by atoms with Crippen molar-refractivity contribution in [2.75, 3.05) is 19.4 Å². The molecule has 6 heteroatoms. The highest BCUT2D eigenvalue weighted by atomic mass is 79.9. The third-order valence-electron chi connectivity index (χ3n) is 2.43. The number of carbonyl (C=O) groups excluding carboxylic acids is 1. The van der Waals surface area contributed by atoms with Crippen molar-refractivity contribution in [2.45, 2.75) is 13.0 Å². The van der Waals surface area contributed by atoms with Crippen molar-refractivity contribution < 1.29 is 4.79 Å². The second-order valence-electron chi connectivity index (χ2n) is 4.15. The fourth-order valence-electron chi connectivity index (χ4n) is 1.53. The molecule has 18 heavy (non-hydrogen) atoms. The highest BCUT2D eigenvalue weighted by molar-refractivity contribution is 9.10. The molecule has 1 unspecified atom stereocenters. The Morgan fingerprint density at radius 3 is 2.61 bits per heavy atom. The summed E-state index contributed by atoms with van der Waals surface area (Å²) in [5.74, 6) is -0.00758. The van der Waals surface area contributed by atoms with Gasteiger partial charge in [0.05, 0.1) is 0 Å². The molecule has 0 radical (unpaired) electrons. The molecule has 0 saturated heterocycles. The maximum atomic E-state index is 11.8. The molecule has 0 heterocycles. The average molecular weight is 330 g/mol. The molecular weight excluding hydrogens is 314 g/mol. The predicted molar refractivity (Wildman–Crippen MR) is 81.8 cm³/mol. The van der Waals surface area contributed by atoms with Crippen LogP contribution >= 0.6 is 28.1 Å². The summed E-state index contributed by atoms with van der Waals surface area (Å²) in [6.45, 7) is 1.80. The van der Waals surface area contributed by atoms with Crippen LogP contribution in [-0.2, 0) is 4.79 Å². The van der Waals surface area contributed by atoms with E-state index < -0.39 is 0 Å². The van der Waals surface area contributed by atoms with Gasteiger partial charge in [-0.1, -0.05) is 28.1 Å². The number of rotatable bonds is 4. The average Bonchev–Trinajstić information content (AvgIpc) is 2.29. The second kappa shape index (κ2) is 6.15. The van der Waals surface area contributed by atoms with E-state index in [2.05, 4.69) is 21.2 Å². The van der Waals surface area contributed by atoms with Crippen molar-refractivity contribution in [3.63, 3.8) is 0 Å². The zero-order valence-electron chi connectivity index (χ0n) is 10.5. The summed E-state index contributed by atoms with van der Waals surface area (Å²) in [6, 6.07) is 5.21. The molecule has 0 fully saturated rings. The van der Waals surface area contributed by atoms with E-state index in [1.807, 2.05) is 18.2 Å². The number of hydrogen-bond donors (Lipinski definition) is 2. The lowest BCUT2D eigenvalue weighted by molar-refractivity contribution is -0.129. The highest BCUT2D eigenvalue weighted by Crippen LogP contribution is 2.22. The van der Waals surface area contributed by atoms with Crippen molar-refractivity contribution in [2.24, 2.45) is 5.73 Å². The van der Waals surface area contributed by atoms with Crippen LogP contribution in [0.5, 0.6) is 0 Å². The SMILES string of the molecule is CC(Nc1ccc(Br)cc1C(N)=S)C(=O)N(C)C. The number of nitrogens with two attached hydrogens (primary N) is 1. The lowest BCUT2D eigenvalue weighted by Gasteiger charge is -2.20.